The van der Waals surface area contributed by atoms with Crippen molar-refractivity contribution < 1.29 is 5.11 Å². The van der Waals surface area contributed by atoms with Crippen LogP contribution in [0.4, 0.5) is 11.5 Å². The van der Waals surface area contributed by atoms with Gasteiger partial charge in [-0.15, -0.1) is 0 Å². The van der Waals surface area contributed by atoms with E-state index in [2.05, 4.69) is 15.0 Å². The molecule has 3 rings (SSSR count). The first-order valence-electron chi connectivity index (χ1n) is 7.35. The van der Waals surface area contributed by atoms with Gasteiger partial charge in [0.15, 0.2) is 0 Å². The number of fused-ring (bicyclic) bond motifs is 1. The van der Waals surface area contributed by atoms with E-state index in [1.807, 2.05) is 43.5 Å². The highest BCUT2D eigenvalue weighted by molar-refractivity contribution is 5.95. The summed E-state index contributed by atoms with van der Waals surface area (Å²) in [6.45, 7) is 3.62. The molecule has 0 saturated carbocycles. The van der Waals surface area contributed by atoms with Crippen LogP contribution in [0.25, 0.3) is 22.0 Å². The fourth-order valence-corrected chi connectivity index (χ4v) is 2.52. The predicted octanol–water partition coefficient (Wildman–Crippen LogP) is 3.27. The first-order chi connectivity index (χ1) is 11.1. The maximum atomic E-state index is 9.16. The molecule has 0 atom stereocenters. The zero-order valence-electron chi connectivity index (χ0n) is 13.1. The van der Waals surface area contributed by atoms with Crippen LogP contribution in [0.5, 0.6) is 0 Å². The molecule has 3 aromatic rings. The summed E-state index contributed by atoms with van der Waals surface area (Å²) in [7, 11) is 0. The van der Waals surface area contributed by atoms with Crippen LogP contribution in [0.1, 0.15) is 12.5 Å². The third-order valence-electron chi connectivity index (χ3n) is 3.77. The monoisotopic (exact) mass is 306 g/mol. The molecule has 0 aliphatic rings. The minimum atomic E-state index is -0.100. The Bertz CT molecular complexity index is 888. The largest absolute Gasteiger partial charge is 0.390 e. The number of nitrogens with zero attached hydrogens (tertiary/aromatic N) is 3. The second kappa shape index (κ2) is 6.14. The summed E-state index contributed by atoms with van der Waals surface area (Å²) in [5, 5.41) is 10.2. The van der Waals surface area contributed by atoms with Crippen molar-refractivity contribution in [1.82, 2.24) is 9.97 Å². The molecule has 23 heavy (non-hydrogen) atoms. The molecule has 2 aromatic heterocycles. The smallest absolute Gasteiger partial charge is 0.150 e. The maximum absolute atomic E-state index is 9.16. The van der Waals surface area contributed by atoms with Crippen LogP contribution in [0, 0.1) is 6.92 Å². The van der Waals surface area contributed by atoms with Crippen molar-refractivity contribution in [2.24, 2.45) is 4.99 Å². The fraction of sp³-hybridized carbons (Fsp3) is 0.167. The Hall–Kier alpha value is -2.79. The number of hydrogen-bond acceptors (Lipinski definition) is 5. The number of benzene rings is 1. The van der Waals surface area contributed by atoms with E-state index in [1.54, 1.807) is 13.1 Å². The molecule has 0 aliphatic carbocycles. The molecule has 0 aliphatic heterocycles. The van der Waals surface area contributed by atoms with Gasteiger partial charge < -0.3 is 10.8 Å². The lowest BCUT2D eigenvalue weighted by Gasteiger charge is -2.10. The van der Waals surface area contributed by atoms with Gasteiger partial charge in [0, 0.05) is 29.1 Å². The molecule has 2 heterocycles. The molecule has 5 heteroatoms. The molecule has 0 saturated heterocycles. The molecule has 3 N–H and O–H groups in total. The molecule has 5 nitrogen and oxygen atoms in total. The average molecular weight is 306 g/mol. The molecule has 0 bridgehead atoms. The third kappa shape index (κ3) is 2.91. The van der Waals surface area contributed by atoms with Gasteiger partial charge in [-0.1, -0.05) is 18.2 Å². The summed E-state index contributed by atoms with van der Waals surface area (Å²) in [6, 6.07) is 9.97. The first-order valence-corrected chi connectivity index (χ1v) is 7.35. The number of aliphatic hydroxyl groups is 1. The van der Waals surface area contributed by atoms with Crippen LogP contribution < -0.4 is 5.73 Å². The van der Waals surface area contributed by atoms with Crippen molar-refractivity contribution in [2.45, 2.75) is 13.8 Å². The number of nitrogens with two attached hydrogens (primary N) is 1. The highest BCUT2D eigenvalue weighted by atomic mass is 16.3. The van der Waals surface area contributed by atoms with Crippen LogP contribution in [-0.4, -0.2) is 27.4 Å². The highest BCUT2D eigenvalue weighted by Crippen LogP contribution is 2.33. The van der Waals surface area contributed by atoms with Crippen LogP contribution in [0.2, 0.25) is 0 Å². The topological polar surface area (TPSA) is 84.4 Å². The van der Waals surface area contributed by atoms with Gasteiger partial charge in [-0.05, 0) is 37.1 Å². The second-order valence-corrected chi connectivity index (χ2v) is 5.45. The van der Waals surface area contributed by atoms with Gasteiger partial charge in [-0.25, -0.2) is 4.98 Å². The van der Waals surface area contributed by atoms with E-state index in [0.717, 1.165) is 27.6 Å². The minimum Gasteiger partial charge on any atom is -0.390 e. The molecular formula is C18H18N4O. The lowest BCUT2D eigenvalue weighted by atomic mass is 10.0. The second-order valence-electron chi connectivity index (χ2n) is 5.45. The fourth-order valence-electron chi connectivity index (χ4n) is 2.52. The van der Waals surface area contributed by atoms with Crippen LogP contribution >= 0.6 is 0 Å². The van der Waals surface area contributed by atoms with Gasteiger partial charge >= 0.3 is 0 Å². The van der Waals surface area contributed by atoms with Crippen molar-refractivity contribution in [2.75, 3.05) is 12.3 Å². The van der Waals surface area contributed by atoms with E-state index in [1.165, 1.54) is 0 Å². The summed E-state index contributed by atoms with van der Waals surface area (Å²) in [4.78, 5) is 13.0. The zero-order chi connectivity index (χ0) is 16.4. The van der Waals surface area contributed by atoms with Gasteiger partial charge in [0.2, 0.25) is 0 Å². The molecule has 116 valence electrons. The Morgan fingerprint density at radius 3 is 2.78 bits per heavy atom. The number of pyridine rings is 2. The molecule has 1 aromatic carbocycles. The molecule has 0 radical (unpaired) electrons. The Morgan fingerprint density at radius 1 is 1.26 bits per heavy atom. The quantitative estimate of drug-likeness (QED) is 0.727. The first kappa shape index (κ1) is 15.1. The van der Waals surface area contributed by atoms with Gasteiger partial charge in [0.05, 0.1) is 12.1 Å². The number of aliphatic hydroxyl groups excluding tert-OH is 1. The van der Waals surface area contributed by atoms with Crippen LogP contribution in [0.3, 0.4) is 0 Å². The molecular weight excluding hydrogens is 288 g/mol. The summed E-state index contributed by atoms with van der Waals surface area (Å²) < 4.78 is 0. The van der Waals surface area contributed by atoms with E-state index in [0.29, 0.717) is 17.2 Å². The number of aryl methyl sites for hydroxylation is 1. The summed E-state index contributed by atoms with van der Waals surface area (Å²) >= 11 is 0. The van der Waals surface area contributed by atoms with Crippen molar-refractivity contribution in [1.29, 1.82) is 0 Å². The summed E-state index contributed by atoms with van der Waals surface area (Å²) in [6.07, 6.45) is 3.57. The third-order valence-corrected chi connectivity index (χ3v) is 3.77. The number of rotatable bonds is 3. The van der Waals surface area contributed by atoms with E-state index >= 15 is 0 Å². The predicted molar refractivity (Wildman–Crippen MR) is 94.0 cm³/mol. The molecule has 0 unspecified atom stereocenters. The summed E-state index contributed by atoms with van der Waals surface area (Å²) in [5.41, 5.74) is 11.1. The van der Waals surface area contributed by atoms with Gasteiger partial charge in [0.25, 0.3) is 0 Å². The summed E-state index contributed by atoms with van der Waals surface area (Å²) in [5.74, 6) is 0.367. The van der Waals surface area contributed by atoms with Crippen LogP contribution in [-0.2, 0) is 0 Å². The molecule has 0 spiro atoms. The van der Waals surface area contributed by atoms with Gasteiger partial charge in [0.1, 0.15) is 11.5 Å². The Labute approximate surface area is 134 Å². The van der Waals surface area contributed by atoms with Crippen LogP contribution in [0.15, 0.2) is 47.7 Å². The van der Waals surface area contributed by atoms with Gasteiger partial charge in [-0.3, -0.25) is 9.98 Å². The standard InChI is InChI=1S/C18H18N4O/c1-11(10-23)21-17-12(2)15-6-5-13(8-16(15)22-18(17)19)14-4-3-7-20-9-14/h3-9,23H,10H2,1-2H3,(H2,19,22). The lowest BCUT2D eigenvalue weighted by molar-refractivity contribution is 0.357. The number of aliphatic imine (C=N–C) groups is 1. The number of nitrogen functional groups attached to an aromatic ring is 1. The number of hydrogen-bond donors (Lipinski definition) is 2. The van der Waals surface area contributed by atoms with Gasteiger partial charge in [-0.2, -0.15) is 0 Å². The molecule has 0 fully saturated rings. The maximum Gasteiger partial charge on any atom is 0.150 e. The van der Waals surface area contributed by atoms with Crippen molar-refractivity contribution in [3.63, 3.8) is 0 Å². The van der Waals surface area contributed by atoms with E-state index in [4.69, 9.17) is 10.8 Å². The highest BCUT2D eigenvalue weighted by Gasteiger charge is 2.11. The van der Waals surface area contributed by atoms with E-state index in [9.17, 15) is 0 Å². The van der Waals surface area contributed by atoms with Crippen molar-refractivity contribution >= 4 is 28.1 Å². The zero-order valence-corrected chi connectivity index (χ0v) is 13.1. The Kier molecular flexibility index (Phi) is 4.04. The minimum absolute atomic E-state index is 0.100. The SMILES string of the molecule is CC(CO)=Nc1c(N)nc2cc(-c3cccnc3)ccc2c1C. The Morgan fingerprint density at radius 2 is 2.09 bits per heavy atom. The normalized spacial score (nSPS) is 11.9. The average Bonchev–Trinajstić information content (AvgIpc) is 2.58. The molecule has 0 amide bonds. The van der Waals surface area contributed by atoms with E-state index in [-0.39, 0.29) is 6.61 Å². The number of anilines is 1. The lowest BCUT2D eigenvalue weighted by Crippen LogP contribution is -2.00. The van der Waals surface area contributed by atoms with Crippen molar-refractivity contribution in [3.8, 4) is 11.1 Å². The van der Waals surface area contributed by atoms with Crippen molar-refractivity contribution in [3.05, 3.63) is 48.3 Å². The van der Waals surface area contributed by atoms with E-state index < -0.39 is 0 Å². The Balaban J connectivity index is 2.18. The number of aromatic nitrogens is 2.